The van der Waals surface area contributed by atoms with E-state index in [1.807, 2.05) is 23.1 Å². The lowest BCUT2D eigenvalue weighted by atomic mass is 9.98. The molecule has 0 unspecified atom stereocenters. The predicted molar refractivity (Wildman–Crippen MR) is 136 cm³/mol. The van der Waals surface area contributed by atoms with Gasteiger partial charge in [-0.05, 0) is 53.1 Å². The van der Waals surface area contributed by atoms with Crippen LogP contribution in [0.3, 0.4) is 0 Å². The number of carbonyl (C=O) groups is 1. The minimum absolute atomic E-state index is 0.0125. The van der Waals surface area contributed by atoms with Crippen LogP contribution >= 0.6 is 0 Å². The number of halogens is 2. The van der Waals surface area contributed by atoms with E-state index in [0.29, 0.717) is 61.1 Å². The molecular weight excluding hydrogens is 496 g/mol. The van der Waals surface area contributed by atoms with Gasteiger partial charge in [-0.1, -0.05) is 12.1 Å². The summed E-state index contributed by atoms with van der Waals surface area (Å²) in [6, 6.07) is 12.9. The molecule has 0 atom stereocenters. The van der Waals surface area contributed by atoms with Gasteiger partial charge in [-0.15, -0.1) is 0 Å². The monoisotopic (exact) mass is 525 g/mol. The fourth-order valence-electron chi connectivity index (χ4n) is 4.95. The van der Waals surface area contributed by atoms with Crippen LogP contribution in [-0.2, 0) is 22.6 Å². The van der Waals surface area contributed by atoms with Crippen LogP contribution in [0.1, 0.15) is 24.0 Å². The van der Waals surface area contributed by atoms with E-state index < -0.39 is 17.4 Å². The summed E-state index contributed by atoms with van der Waals surface area (Å²) in [5, 5.41) is 0. The lowest BCUT2D eigenvalue weighted by Gasteiger charge is -2.44. The van der Waals surface area contributed by atoms with Crippen molar-refractivity contribution in [2.45, 2.75) is 31.7 Å². The van der Waals surface area contributed by atoms with Crippen LogP contribution in [0.4, 0.5) is 8.78 Å². The molecule has 0 saturated carbocycles. The minimum Gasteiger partial charge on any atom is -0.493 e. The predicted octanol–water partition coefficient (Wildman–Crippen LogP) is 5.13. The highest BCUT2D eigenvalue weighted by Crippen LogP contribution is 2.40. The van der Waals surface area contributed by atoms with Gasteiger partial charge in [-0.25, -0.2) is 8.78 Å². The SMILES string of the molecule is COc1cc(CC(=O)N2CCC3(CC2)OCc2cc(-c4ccc(F)c(F)c4)ccc2O3)cc(OC)c1OC. The smallest absolute Gasteiger partial charge is 0.227 e. The number of rotatable bonds is 6. The molecule has 0 N–H and O–H groups in total. The van der Waals surface area contributed by atoms with Crippen molar-refractivity contribution in [3.63, 3.8) is 0 Å². The number of amides is 1. The van der Waals surface area contributed by atoms with Crippen LogP contribution < -0.4 is 18.9 Å². The zero-order valence-electron chi connectivity index (χ0n) is 21.5. The molecule has 9 heteroatoms. The summed E-state index contributed by atoms with van der Waals surface area (Å²) in [6.45, 7) is 1.31. The van der Waals surface area contributed by atoms with Crippen molar-refractivity contribution in [3.8, 4) is 34.1 Å². The summed E-state index contributed by atoms with van der Waals surface area (Å²) >= 11 is 0. The lowest BCUT2D eigenvalue weighted by molar-refractivity contribution is -0.227. The highest BCUT2D eigenvalue weighted by molar-refractivity contribution is 5.79. The van der Waals surface area contributed by atoms with Crippen molar-refractivity contribution in [2.75, 3.05) is 34.4 Å². The van der Waals surface area contributed by atoms with E-state index in [9.17, 15) is 13.6 Å². The number of piperidine rings is 1. The van der Waals surface area contributed by atoms with E-state index in [2.05, 4.69) is 0 Å². The van der Waals surface area contributed by atoms with Crippen LogP contribution in [-0.4, -0.2) is 51.0 Å². The molecular formula is C29H29F2NO6. The molecule has 7 nitrogen and oxygen atoms in total. The van der Waals surface area contributed by atoms with Crippen LogP contribution in [0.5, 0.6) is 23.0 Å². The van der Waals surface area contributed by atoms with E-state index >= 15 is 0 Å². The Morgan fingerprint density at radius 3 is 2.18 bits per heavy atom. The number of carbonyl (C=O) groups excluding carboxylic acids is 1. The maximum absolute atomic E-state index is 13.7. The zero-order valence-corrected chi connectivity index (χ0v) is 21.5. The molecule has 1 spiro atoms. The molecule has 200 valence electrons. The Hall–Kier alpha value is -3.85. The fraction of sp³-hybridized carbons (Fsp3) is 0.345. The molecule has 3 aromatic rings. The molecule has 2 aliphatic rings. The molecule has 0 radical (unpaired) electrons. The fourth-order valence-corrected chi connectivity index (χ4v) is 4.95. The van der Waals surface area contributed by atoms with Crippen molar-refractivity contribution < 1.29 is 37.3 Å². The molecule has 1 fully saturated rings. The van der Waals surface area contributed by atoms with Gasteiger partial charge in [0.2, 0.25) is 17.4 Å². The normalized spacial score (nSPS) is 16.0. The van der Waals surface area contributed by atoms with E-state index in [1.54, 1.807) is 26.4 Å². The van der Waals surface area contributed by atoms with Gasteiger partial charge in [0.25, 0.3) is 0 Å². The van der Waals surface area contributed by atoms with Crippen molar-refractivity contribution in [3.05, 3.63) is 71.3 Å². The van der Waals surface area contributed by atoms with E-state index in [4.69, 9.17) is 23.7 Å². The average Bonchev–Trinajstić information content (AvgIpc) is 2.94. The Labute approximate surface area is 219 Å². The van der Waals surface area contributed by atoms with Crippen LogP contribution in [0.2, 0.25) is 0 Å². The Morgan fingerprint density at radius 2 is 1.55 bits per heavy atom. The van der Waals surface area contributed by atoms with Crippen molar-refractivity contribution in [1.82, 2.24) is 4.90 Å². The molecule has 2 heterocycles. The quantitative estimate of drug-likeness (QED) is 0.445. The molecule has 3 aromatic carbocycles. The number of methoxy groups -OCH3 is 3. The molecule has 5 rings (SSSR count). The number of nitrogens with zero attached hydrogens (tertiary/aromatic N) is 1. The van der Waals surface area contributed by atoms with Gasteiger partial charge in [-0.2, -0.15) is 0 Å². The third kappa shape index (κ3) is 4.98. The average molecular weight is 526 g/mol. The highest BCUT2D eigenvalue weighted by Gasteiger charge is 2.42. The number of ether oxygens (including phenoxy) is 5. The standard InChI is InChI=1S/C29H29F2NO6/c1-34-25-12-18(13-26(35-2)28(25)36-3)14-27(33)32-10-8-29(9-11-32)37-17-21-15-19(5-7-24(21)38-29)20-4-6-22(30)23(31)16-20/h4-7,12-13,15-16H,8-11,14,17H2,1-3H3. The maximum Gasteiger partial charge on any atom is 0.227 e. The molecule has 1 saturated heterocycles. The topological polar surface area (TPSA) is 66.5 Å². The Bertz CT molecular complexity index is 1330. The third-order valence-corrected chi connectivity index (χ3v) is 7.06. The van der Waals surface area contributed by atoms with E-state index in [-0.39, 0.29) is 12.3 Å². The first-order valence-corrected chi connectivity index (χ1v) is 12.3. The van der Waals surface area contributed by atoms with Crippen molar-refractivity contribution >= 4 is 5.91 Å². The second-order valence-electron chi connectivity index (χ2n) is 9.34. The van der Waals surface area contributed by atoms with E-state index in [1.165, 1.54) is 19.2 Å². The van der Waals surface area contributed by atoms with Gasteiger partial charge >= 0.3 is 0 Å². The maximum atomic E-state index is 13.7. The Balaban J connectivity index is 1.23. The first kappa shape index (κ1) is 25.8. The number of hydrogen-bond donors (Lipinski definition) is 0. The molecule has 0 aliphatic carbocycles. The van der Waals surface area contributed by atoms with Gasteiger partial charge in [0.1, 0.15) is 5.75 Å². The third-order valence-electron chi connectivity index (χ3n) is 7.06. The van der Waals surface area contributed by atoms with Gasteiger partial charge in [0.05, 0.1) is 34.4 Å². The molecule has 2 aliphatic heterocycles. The van der Waals surface area contributed by atoms with Crippen LogP contribution in [0, 0.1) is 11.6 Å². The molecule has 0 bridgehead atoms. The van der Waals surface area contributed by atoms with Crippen molar-refractivity contribution in [1.29, 1.82) is 0 Å². The number of hydrogen-bond acceptors (Lipinski definition) is 6. The second kappa shape index (κ2) is 10.5. The largest absolute Gasteiger partial charge is 0.493 e. The van der Waals surface area contributed by atoms with Crippen LogP contribution in [0.15, 0.2) is 48.5 Å². The molecule has 0 aromatic heterocycles. The first-order chi connectivity index (χ1) is 18.3. The summed E-state index contributed by atoms with van der Waals surface area (Å²) in [4.78, 5) is 14.9. The second-order valence-corrected chi connectivity index (χ2v) is 9.34. The summed E-state index contributed by atoms with van der Waals surface area (Å²) < 4.78 is 55.6. The summed E-state index contributed by atoms with van der Waals surface area (Å²) in [5.41, 5.74) is 2.92. The number of fused-ring (bicyclic) bond motifs is 1. The minimum atomic E-state index is -0.891. The first-order valence-electron chi connectivity index (χ1n) is 12.3. The Morgan fingerprint density at radius 1 is 0.895 bits per heavy atom. The summed E-state index contributed by atoms with van der Waals surface area (Å²) in [6.07, 6.45) is 1.25. The highest BCUT2D eigenvalue weighted by atomic mass is 19.2. The Kier molecular flexibility index (Phi) is 7.12. The van der Waals surface area contributed by atoms with Crippen LogP contribution in [0.25, 0.3) is 11.1 Å². The number of likely N-dealkylation sites (tertiary alicyclic amines) is 1. The lowest BCUT2D eigenvalue weighted by Crippen LogP contribution is -2.52. The van der Waals surface area contributed by atoms with Gasteiger partial charge in [0, 0.05) is 31.5 Å². The number of benzene rings is 3. The van der Waals surface area contributed by atoms with Gasteiger partial charge in [0.15, 0.2) is 23.1 Å². The van der Waals surface area contributed by atoms with Gasteiger partial charge < -0.3 is 28.6 Å². The van der Waals surface area contributed by atoms with Gasteiger partial charge in [-0.3, -0.25) is 4.79 Å². The van der Waals surface area contributed by atoms with E-state index in [0.717, 1.165) is 22.8 Å². The summed E-state index contributed by atoms with van der Waals surface area (Å²) in [5.74, 6) is -0.409. The molecule has 1 amide bonds. The van der Waals surface area contributed by atoms with Crippen molar-refractivity contribution in [2.24, 2.45) is 0 Å². The molecule has 38 heavy (non-hydrogen) atoms. The zero-order chi connectivity index (χ0) is 26.9. The summed E-state index contributed by atoms with van der Waals surface area (Å²) in [7, 11) is 4.62.